The van der Waals surface area contributed by atoms with Crippen molar-refractivity contribution >= 4 is 11.6 Å². The fourth-order valence-electron chi connectivity index (χ4n) is 2.53. The van der Waals surface area contributed by atoms with E-state index in [1.807, 2.05) is 24.3 Å². The minimum absolute atomic E-state index is 0.0434. The van der Waals surface area contributed by atoms with Crippen LogP contribution in [0.1, 0.15) is 38.2 Å². The molecule has 1 amide bonds. The largest absolute Gasteiger partial charge is 0.385 e. The number of para-hydroxylation sites is 1. The summed E-state index contributed by atoms with van der Waals surface area (Å²) in [5, 5.41) is 6.33. The molecule has 21 heavy (non-hydrogen) atoms. The molecule has 4 heteroatoms. The van der Waals surface area contributed by atoms with Crippen LogP contribution in [0.3, 0.4) is 0 Å². The van der Waals surface area contributed by atoms with Crippen LogP contribution in [0.5, 0.6) is 0 Å². The molecule has 1 unspecified atom stereocenters. The molecule has 0 radical (unpaired) electrons. The van der Waals surface area contributed by atoms with Gasteiger partial charge >= 0.3 is 0 Å². The van der Waals surface area contributed by atoms with Crippen LogP contribution in [0, 0.1) is 5.92 Å². The van der Waals surface area contributed by atoms with E-state index in [2.05, 4.69) is 24.5 Å². The predicted octanol–water partition coefficient (Wildman–Crippen LogP) is 2.76. The van der Waals surface area contributed by atoms with Crippen LogP contribution in [0.25, 0.3) is 0 Å². The van der Waals surface area contributed by atoms with E-state index in [-0.39, 0.29) is 11.8 Å². The Kier molecular flexibility index (Phi) is 6.05. The zero-order valence-electron chi connectivity index (χ0n) is 13.0. The number of anilines is 1. The maximum Gasteiger partial charge on any atom is 0.227 e. The lowest BCUT2D eigenvalue weighted by atomic mass is 9.90. The molecular weight excluding hydrogens is 264 g/mol. The Labute approximate surface area is 127 Å². The number of hydrogen-bond acceptors (Lipinski definition) is 3. The van der Waals surface area contributed by atoms with E-state index in [1.165, 1.54) is 0 Å². The molecule has 1 aromatic carbocycles. The maximum absolute atomic E-state index is 12.3. The van der Waals surface area contributed by atoms with Crippen LogP contribution in [0.15, 0.2) is 24.3 Å². The summed E-state index contributed by atoms with van der Waals surface area (Å²) in [6.07, 6.45) is 1.91. The molecule has 2 rings (SSSR count). The molecule has 2 N–H and O–H groups in total. The van der Waals surface area contributed by atoms with Crippen LogP contribution >= 0.6 is 0 Å². The summed E-state index contributed by atoms with van der Waals surface area (Å²) in [5.41, 5.74) is 2.18. The number of amides is 1. The summed E-state index contributed by atoms with van der Waals surface area (Å²) in [6.45, 7) is 7.15. The second-order valence-corrected chi connectivity index (χ2v) is 5.94. The van der Waals surface area contributed by atoms with Crippen LogP contribution in [0.2, 0.25) is 0 Å². The first-order valence-corrected chi connectivity index (χ1v) is 7.86. The van der Waals surface area contributed by atoms with Crippen LogP contribution < -0.4 is 10.6 Å². The quantitative estimate of drug-likeness (QED) is 0.759. The Balaban J connectivity index is 1.74. The van der Waals surface area contributed by atoms with Crippen molar-refractivity contribution in [1.29, 1.82) is 0 Å². The molecule has 0 saturated carbocycles. The van der Waals surface area contributed by atoms with Gasteiger partial charge in [0, 0.05) is 25.4 Å². The minimum atomic E-state index is -0.0434. The average molecular weight is 290 g/mol. The summed E-state index contributed by atoms with van der Waals surface area (Å²) in [6, 6.07) is 8.05. The maximum atomic E-state index is 12.3. The standard InChI is InChI=1S/C17H26N2O2/c1-13(2)8-11-21-12-10-19-17(20)15-7-9-18-16-6-4-3-5-14(15)16/h3-6,13,15,18H,7-12H2,1-2H3,(H,19,20). The number of carbonyl (C=O) groups excluding carboxylic acids is 1. The van der Waals surface area contributed by atoms with Crippen LogP contribution in [-0.2, 0) is 9.53 Å². The minimum Gasteiger partial charge on any atom is -0.385 e. The fraction of sp³-hybridized carbons (Fsp3) is 0.588. The zero-order valence-corrected chi connectivity index (χ0v) is 13.0. The highest BCUT2D eigenvalue weighted by molar-refractivity contribution is 5.86. The topological polar surface area (TPSA) is 50.4 Å². The molecule has 0 aliphatic carbocycles. The smallest absolute Gasteiger partial charge is 0.227 e. The second-order valence-electron chi connectivity index (χ2n) is 5.94. The molecule has 1 aromatic rings. The summed E-state index contributed by atoms with van der Waals surface area (Å²) >= 11 is 0. The van der Waals surface area contributed by atoms with E-state index >= 15 is 0 Å². The molecule has 1 heterocycles. The number of carbonyl (C=O) groups is 1. The highest BCUT2D eigenvalue weighted by Crippen LogP contribution is 2.31. The summed E-state index contributed by atoms with van der Waals surface area (Å²) < 4.78 is 5.52. The van der Waals surface area contributed by atoms with Crippen LogP contribution in [-0.4, -0.2) is 32.2 Å². The van der Waals surface area contributed by atoms with E-state index in [1.54, 1.807) is 0 Å². The Morgan fingerprint density at radius 1 is 1.38 bits per heavy atom. The number of ether oxygens (including phenoxy) is 1. The van der Waals surface area contributed by atoms with Gasteiger partial charge in [0.1, 0.15) is 0 Å². The Hall–Kier alpha value is -1.55. The molecule has 1 aliphatic rings. The van der Waals surface area contributed by atoms with Crippen molar-refractivity contribution in [1.82, 2.24) is 5.32 Å². The second kappa shape index (κ2) is 8.03. The molecule has 116 valence electrons. The molecular formula is C17H26N2O2. The van der Waals surface area contributed by atoms with Gasteiger partial charge in [0.15, 0.2) is 0 Å². The monoisotopic (exact) mass is 290 g/mol. The fourth-order valence-corrected chi connectivity index (χ4v) is 2.53. The van der Waals surface area contributed by atoms with E-state index in [9.17, 15) is 4.79 Å². The molecule has 0 aromatic heterocycles. The third-order valence-electron chi connectivity index (χ3n) is 3.79. The van der Waals surface area contributed by atoms with Crippen molar-refractivity contribution in [3.05, 3.63) is 29.8 Å². The van der Waals surface area contributed by atoms with Crippen LogP contribution in [0.4, 0.5) is 5.69 Å². The molecule has 0 fully saturated rings. The highest BCUT2D eigenvalue weighted by atomic mass is 16.5. The lowest BCUT2D eigenvalue weighted by Gasteiger charge is -2.25. The van der Waals surface area contributed by atoms with Gasteiger partial charge < -0.3 is 15.4 Å². The van der Waals surface area contributed by atoms with Gasteiger partial charge in [-0.3, -0.25) is 4.79 Å². The predicted molar refractivity (Wildman–Crippen MR) is 85.6 cm³/mol. The van der Waals surface area contributed by atoms with Gasteiger partial charge in [0.05, 0.1) is 12.5 Å². The summed E-state index contributed by atoms with van der Waals surface area (Å²) in [7, 11) is 0. The Morgan fingerprint density at radius 3 is 3.00 bits per heavy atom. The lowest BCUT2D eigenvalue weighted by Crippen LogP contribution is -2.35. The number of benzene rings is 1. The van der Waals surface area contributed by atoms with Gasteiger partial charge in [0.25, 0.3) is 0 Å². The number of hydrogen-bond donors (Lipinski definition) is 2. The molecule has 0 bridgehead atoms. The highest BCUT2D eigenvalue weighted by Gasteiger charge is 2.25. The van der Waals surface area contributed by atoms with Crippen molar-refractivity contribution in [2.45, 2.75) is 32.6 Å². The Morgan fingerprint density at radius 2 is 2.19 bits per heavy atom. The van der Waals surface area contributed by atoms with E-state index in [0.29, 0.717) is 19.1 Å². The SMILES string of the molecule is CC(C)CCOCCNC(=O)C1CCNc2ccccc21. The number of fused-ring (bicyclic) bond motifs is 1. The van der Waals surface area contributed by atoms with Gasteiger partial charge in [-0.05, 0) is 30.4 Å². The van der Waals surface area contributed by atoms with E-state index < -0.39 is 0 Å². The first-order chi connectivity index (χ1) is 10.2. The van der Waals surface area contributed by atoms with Crippen molar-refractivity contribution in [2.75, 3.05) is 31.6 Å². The average Bonchev–Trinajstić information content (AvgIpc) is 2.49. The zero-order chi connectivity index (χ0) is 15.1. The molecule has 0 spiro atoms. The van der Waals surface area contributed by atoms with Gasteiger partial charge in [-0.1, -0.05) is 32.0 Å². The van der Waals surface area contributed by atoms with Gasteiger partial charge in [0.2, 0.25) is 5.91 Å². The summed E-state index contributed by atoms with van der Waals surface area (Å²) in [5.74, 6) is 0.723. The Bertz CT molecular complexity index is 460. The van der Waals surface area contributed by atoms with Gasteiger partial charge in [-0.25, -0.2) is 0 Å². The first-order valence-electron chi connectivity index (χ1n) is 7.86. The number of nitrogens with one attached hydrogen (secondary N) is 2. The van der Waals surface area contributed by atoms with E-state index in [4.69, 9.17) is 4.74 Å². The van der Waals surface area contributed by atoms with Crippen molar-refractivity contribution < 1.29 is 9.53 Å². The molecule has 1 aliphatic heterocycles. The number of rotatable bonds is 7. The lowest BCUT2D eigenvalue weighted by molar-refractivity contribution is -0.123. The first kappa shape index (κ1) is 15.8. The molecule has 4 nitrogen and oxygen atoms in total. The third-order valence-corrected chi connectivity index (χ3v) is 3.79. The third kappa shape index (κ3) is 4.74. The van der Waals surface area contributed by atoms with Crippen molar-refractivity contribution in [2.24, 2.45) is 5.92 Å². The van der Waals surface area contributed by atoms with Gasteiger partial charge in [-0.15, -0.1) is 0 Å². The van der Waals surface area contributed by atoms with Crippen molar-refractivity contribution in [3.63, 3.8) is 0 Å². The van der Waals surface area contributed by atoms with Crippen molar-refractivity contribution in [3.8, 4) is 0 Å². The summed E-state index contributed by atoms with van der Waals surface area (Å²) in [4.78, 5) is 12.3. The molecule has 1 atom stereocenters. The molecule has 0 saturated heterocycles. The normalized spacial score (nSPS) is 17.2. The van der Waals surface area contributed by atoms with Gasteiger partial charge in [-0.2, -0.15) is 0 Å². The van der Waals surface area contributed by atoms with E-state index in [0.717, 1.165) is 37.2 Å².